The van der Waals surface area contributed by atoms with Gasteiger partial charge in [0.05, 0.1) is 35.7 Å². The number of nitrogens with zero attached hydrogens (tertiary/aromatic N) is 4. The maximum absolute atomic E-state index is 15.6. The number of pyridine rings is 2. The highest BCUT2D eigenvalue weighted by atomic mass is 32.1. The summed E-state index contributed by atoms with van der Waals surface area (Å²) in [6.07, 6.45) is 5.90. The Balaban J connectivity index is 1.25. The van der Waals surface area contributed by atoms with Crippen LogP contribution < -0.4 is 20.7 Å². The van der Waals surface area contributed by atoms with Crippen LogP contribution in [0.5, 0.6) is 0 Å². The lowest BCUT2D eigenvalue weighted by atomic mass is 9.89. The van der Waals surface area contributed by atoms with Gasteiger partial charge >= 0.3 is 5.97 Å². The summed E-state index contributed by atoms with van der Waals surface area (Å²) in [6.45, 7) is 8.87. The highest BCUT2D eigenvalue weighted by Gasteiger charge is 2.39. The van der Waals surface area contributed by atoms with Crippen LogP contribution in [0, 0.1) is 11.2 Å². The molecule has 12 heteroatoms. The first-order chi connectivity index (χ1) is 23.0. The van der Waals surface area contributed by atoms with E-state index in [1.165, 1.54) is 34.1 Å². The molecule has 0 spiro atoms. The van der Waals surface area contributed by atoms with E-state index in [1.807, 2.05) is 6.07 Å². The summed E-state index contributed by atoms with van der Waals surface area (Å²) in [6, 6.07) is 8.06. The number of halogens is 1. The van der Waals surface area contributed by atoms with Crippen molar-refractivity contribution in [1.29, 1.82) is 0 Å². The second-order valence-electron chi connectivity index (χ2n) is 13.5. The third kappa shape index (κ3) is 6.10. The van der Waals surface area contributed by atoms with Gasteiger partial charge < -0.3 is 29.2 Å². The number of rotatable bonds is 7. The lowest BCUT2D eigenvalue weighted by Gasteiger charge is -2.30. The summed E-state index contributed by atoms with van der Waals surface area (Å²) in [5.41, 5.74) is 5.23. The summed E-state index contributed by atoms with van der Waals surface area (Å²) in [4.78, 5) is 49.6. The molecule has 1 aliphatic carbocycles. The fourth-order valence-electron chi connectivity index (χ4n) is 6.99. The first kappa shape index (κ1) is 32.0. The molecule has 3 aromatic heterocycles. The standard InChI is InChI=1S/C36H38FN5O5S/c1-21(43)47-20-28-26(14-23(37)15-30(28)42-8-7-25-27-16-36(2,3)17-31(27)48-33(25)35(42)45)22-13-29(34(44)40(4)19-22)39-32-6-5-24(18-38-32)41-9-11-46-12-10-41/h5-6,13-15,18-19H,7-12,16-17,20H2,1-4H3,(H,38,39). The molecule has 0 radical (unpaired) electrons. The zero-order chi connectivity index (χ0) is 33.7. The summed E-state index contributed by atoms with van der Waals surface area (Å²) < 4.78 is 27.9. The van der Waals surface area contributed by atoms with Crippen molar-refractivity contribution in [3.05, 3.63) is 85.3 Å². The first-order valence-electron chi connectivity index (χ1n) is 16.2. The normalized spacial score (nSPS) is 16.9. The molecule has 0 atom stereocenters. The van der Waals surface area contributed by atoms with Crippen LogP contribution in [0.25, 0.3) is 11.1 Å². The molecule has 48 heavy (non-hydrogen) atoms. The fourth-order valence-corrected chi connectivity index (χ4v) is 8.57. The minimum atomic E-state index is -0.552. The van der Waals surface area contributed by atoms with E-state index in [-0.39, 0.29) is 29.2 Å². The largest absolute Gasteiger partial charge is 0.461 e. The van der Waals surface area contributed by atoms with Crippen molar-refractivity contribution in [3.63, 3.8) is 0 Å². The van der Waals surface area contributed by atoms with E-state index in [0.717, 1.165) is 37.2 Å². The van der Waals surface area contributed by atoms with Crippen LogP contribution in [0.3, 0.4) is 0 Å². The lowest BCUT2D eigenvalue weighted by molar-refractivity contribution is -0.142. The Labute approximate surface area is 282 Å². The molecule has 3 aliphatic rings. The number of carbonyl (C=O) groups excluding carboxylic acids is 2. The van der Waals surface area contributed by atoms with Crippen molar-refractivity contribution in [2.24, 2.45) is 12.5 Å². The molecular weight excluding hydrogens is 633 g/mol. The van der Waals surface area contributed by atoms with Gasteiger partial charge in [0, 0.05) is 55.8 Å². The summed E-state index contributed by atoms with van der Waals surface area (Å²) in [7, 11) is 1.62. The number of aryl methyl sites for hydroxylation is 1. The van der Waals surface area contributed by atoms with Crippen molar-refractivity contribution < 1.29 is 23.5 Å². The predicted molar refractivity (Wildman–Crippen MR) is 184 cm³/mol. The van der Waals surface area contributed by atoms with Crippen LogP contribution in [-0.4, -0.2) is 54.3 Å². The zero-order valence-corrected chi connectivity index (χ0v) is 28.3. The van der Waals surface area contributed by atoms with Gasteiger partial charge in [-0.3, -0.25) is 14.4 Å². The van der Waals surface area contributed by atoms with E-state index in [9.17, 15) is 14.4 Å². The van der Waals surface area contributed by atoms with Crippen LogP contribution in [0.15, 0.2) is 47.5 Å². The number of anilines is 4. The Hall–Kier alpha value is -4.55. The topological polar surface area (TPSA) is 106 Å². The molecule has 0 unspecified atom stereocenters. The van der Waals surface area contributed by atoms with Gasteiger partial charge in [-0.05, 0) is 71.7 Å². The molecule has 5 heterocycles. The number of amides is 1. The van der Waals surface area contributed by atoms with E-state index in [1.54, 1.807) is 47.8 Å². The maximum Gasteiger partial charge on any atom is 0.302 e. The molecule has 0 bridgehead atoms. The van der Waals surface area contributed by atoms with Crippen molar-refractivity contribution >= 4 is 46.1 Å². The molecule has 1 amide bonds. The third-order valence-electron chi connectivity index (χ3n) is 9.30. The smallest absolute Gasteiger partial charge is 0.302 e. The van der Waals surface area contributed by atoms with Crippen LogP contribution >= 0.6 is 11.3 Å². The number of fused-ring (bicyclic) bond motifs is 3. The minimum absolute atomic E-state index is 0.177. The first-order valence-corrected chi connectivity index (χ1v) is 17.0. The van der Waals surface area contributed by atoms with Crippen LogP contribution in [-0.2, 0) is 47.2 Å². The van der Waals surface area contributed by atoms with Gasteiger partial charge in [0.15, 0.2) is 0 Å². The van der Waals surface area contributed by atoms with E-state index >= 15 is 4.39 Å². The Bertz CT molecular complexity index is 1980. The van der Waals surface area contributed by atoms with Gasteiger partial charge in [-0.1, -0.05) is 13.8 Å². The van der Waals surface area contributed by atoms with E-state index in [0.29, 0.717) is 59.3 Å². The number of ether oxygens (including phenoxy) is 2. The second-order valence-corrected chi connectivity index (χ2v) is 14.6. The molecule has 1 saturated heterocycles. The second kappa shape index (κ2) is 12.5. The molecule has 1 fully saturated rings. The quantitative estimate of drug-likeness (QED) is 0.253. The minimum Gasteiger partial charge on any atom is -0.461 e. The monoisotopic (exact) mass is 671 g/mol. The number of aromatic nitrogens is 2. The Morgan fingerprint density at radius 1 is 1.10 bits per heavy atom. The molecule has 7 rings (SSSR count). The van der Waals surface area contributed by atoms with Gasteiger partial charge in [-0.2, -0.15) is 0 Å². The Kier molecular flexibility index (Phi) is 8.32. The molecule has 2 aliphatic heterocycles. The number of thiophene rings is 1. The molecule has 1 aromatic carbocycles. The number of carbonyl (C=O) groups is 2. The molecule has 10 nitrogen and oxygen atoms in total. The van der Waals surface area contributed by atoms with Crippen LogP contribution in [0.2, 0.25) is 0 Å². The van der Waals surface area contributed by atoms with Gasteiger partial charge in [0.25, 0.3) is 11.5 Å². The van der Waals surface area contributed by atoms with Gasteiger partial charge in [-0.15, -0.1) is 11.3 Å². The number of morpholine rings is 1. The highest BCUT2D eigenvalue weighted by Crippen LogP contribution is 2.46. The number of hydrogen-bond acceptors (Lipinski definition) is 9. The zero-order valence-electron chi connectivity index (χ0n) is 27.5. The average Bonchev–Trinajstić information content (AvgIpc) is 3.55. The number of nitrogens with one attached hydrogen (secondary N) is 1. The number of esters is 1. The predicted octanol–water partition coefficient (Wildman–Crippen LogP) is 5.62. The molecule has 4 aromatic rings. The maximum atomic E-state index is 15.6. The van der Waals surface area contributed by atoms with Gasteiger partial charge in [-0.25, -0.2) is 9.37 Å². The van der Waals surface area contributed by atoms with Crippen molar-refractivity contribution in [2.45, 2.75) is 46.6 Å². The molecule has 0 saturated carbocycles. The summed E-state index contributed by atoms with van der Waals surface area (Å²) in [5, 5.41) is 3.13. The highest BCUT2D eigenvalue weighted by molar-refractivity contribution is 7.14. The Morgan fingerprint density at radius 3 is 2.62 bits per heavy atom. The van der Waals surface area contributed by atoms with E-state index in [4.69, 9.17) is 9.47 Å². The van der Waals surface area contributed by atoms with Gasteiger partial charge in [0.1, 0.15) is 23.9 Å². The third-order valence-corrected chi connectivity index (χ3v) is 10.6. The number of benzene rings is 1. The van der Waals surface area contributed by atoms with Crippen molar-refractivity contribution in [2.75, 3.05) is 48.0 Å². The molecule has 1 N–H and O–H groups in total. The average molecular weight is 672 g/mol. The fraction of sp³-hybridized carbons (Fsp3) is 0.389. The van der Waals surface area contributed by atoms with Crippen LogP contribution in [0.1, 0.15) is 52.0 Å². The molecule has 250 valence electrons. The van der Waals surface area contributed by atoms with Gasteiger partial charge in [0.2, 0.25) is 0 Å². The summed E-state index contributed by atoms with van der Waals surface area (Å²) in [5.74, 6) is -0.759. The molecular formula is C36H38FN5O5S. The van der Waals surface area contributed by atoms with E-state index < -0.39 is 11.8 Å². The lowest BCUT2D eigenvalue weighted by Crippen LogP contribution is -2.38. The van der Waals surface area contributed by atoms with Crippen molar-refractivity contribution in [1.82, 2.24) is 9.55 Å². The Morgan fingerprint density at radius 2 is 1.90 bits per heavy atom. The number of hydrogen-bond donors (Lipinski definition) is 1. The SMILES string of the molecule is CC(=O)OCc1c(-c2cc(Nc3ccc(N4CCOCC4)cn3)c(=O)n(C)c2)cc(F)cc1N1CCc2c(sc3c2CC(C)(C)C3)C1=O. The van der Waals surface area contributed by atoms with E-state index in [2.05, 4.69) is 29.0 Å². The van der Waals surface area contributed by atoms with Crippen LogP contribution in [0.4, 0.5) is 27.3 Å². The van der Waals surface area contributed by atoms with Crippen molar-refractivity contribution in [3.8, 4) is 11.1 Å². The summed E-state index contributed by atoms with van der Waals surface area (Å²) >= 11 is 1.55.